The van der Waals surface area contributed by atoms with Gasteiger partial charge in [-0.2, -0.15) is 0 Å². The second-order valence-corrected chi connectivity index (χ2v) is 6.63. The third kappa shape index (κ3) is 4.68. The van der Waals surface area contributed by atoms with Crippen LogP contribution < -0.4 is 10.1 Å². The quantitative estimate of drug-likeness (QED) is 0.581. The number of ether oxygens (including phenoxy) is 1. The van der Waals surface area contributed by atoms with E-state index in [0.29, 0.717) is 17.9 Å². The second-order valence-electron chi connectivity index (χ2n) is 6.63. The van der Waals surface area contributed by atoms with E-state index in [1.54, 1.807) is 6.07 Å². The molecule has 0 radical (unpaired) electrons. The number of rotatable bonds is 8. The van der Waals surface area contributed by atoms with Crippen molar-refractivity contribution in [2.24, 2.45) is 0 Å². The largest absolute Gasteiger partial charge is 0.492 e. The van der Waals surface area contributed by atoms with Crippen molar-refractivity contribution >= 4 is 22.6 Å². The van der Waals surface area contributed by atoms with Gasteiger partial charge in [0.2, 0.25) is 0 Å². The maximum absolute atomic E-state index is 12.6. The number of hydrogen-bond acceptors (Lipinski definition) is 3. The molecule has 0 aliphatic heterocycles. The molecule has 5 nitrogen and oxygen atoms in total. The Balaban J connectivity index is 1.79. The smallest absolute Gasteiger partial charge is 0.325 e. The summed E-state index contributed by atoms with van der Waals surface area (Å²) in [4.78, 5) is 23.7. The number of carboxylic acids is 1. The SMILES string of the molecule is CC(NC(=O)c1ccc2ccccc2c1OCCCc1ccccc1)C(=O)O. The first-order valence-corrected chi connectivity index (χ1v) is 9.28. The molecule has 5 heteroatoms. The first-order chi connectivity index (χ1) is 13.6. The number of hydrogen-bond donors (Lipinski definition) is 2. The summed E-state index contributed by atoms with van der Waals surface area (Å²) in [6.45, 7) is 1.89. The van der Waals surface area contributed by atoms with Crippen molar-refractivity contribution in [3.8, 4) is 5.75 Å². The number of fused-ring (bicyclic) bond motifs is 1. The number of carboxylic acid groups (broad SMARTS) is 1. The van der Waals surface area contributed by atoms with Crippen LogP contribution in [0.25, 0.3) is 10.8 Å². The summed E-state index contributed by atoms with van der Waals surface area (Å²) in [5, 5.41) is 13.3. The van der Waals surface area contributed by atoms with Gasteiger partial charge in [0.1, 0.15) is 11.8 Å². The molecule has 144 valence electrons. The van der Waals surface area contributed by atoms with Gasteiger partial charge >= 0.3 is 5.97 Å². The van der Waals surface area contributed by atoms with Crippen molar-refractivity contribution in [3.63, 3.8) is 0 Å². The van der Waals surface area contributed by atoms with Crippen molar-refractivity contribution < 1.29 is 19.4 Å². The molecule has 3 aromatic carbocycles. The topological polar surface area (TPSA) is 75.6 Å². The molecule has 0 heterocycles. The Kier molecular flexibility index (Phi) is 6.27. The lowest BCUT2D eigenvalue weighted by molar-refractivity contribution is -0.138. The Morgan fingerprint density at radius 1 is 1.00 bits per heavy atom. The van der Waals surface area contributed by atoms with Crippen molar-refractivity contribution in [1.82, 2.24) is 5.32 Å². The summed E-state index contributed by atoms with van der Waals surface area (Å²) < 4.78 is 6.03. The molecule has 0 spiro atoms. The maximum Gasteiger partial charge on any atom is 0.325 e. The highest BCUT2D eigenvalue weighted by Crippen LogP contribution is 2.30. The van der Waals surface area contributed by atoms with Crippen LogP contribution in [0.5, 0.6) is 5.75 Å². The van der Waals surface area contributed by atoms with E-state index in [1.807, 2.05) is 48.5 Å². The van der Waals surface area contributed by atoms with Gasteiger partial charge in [-0.15, -0.1) is 0 Å². The summed E-state index contributed by atoms with van der Waals surface area (Å²) in [7, 11) is 0. The third-order valence-electron chi connectivity index (χ3n) is 4.54. The molecule has 1 unspecified atom stereocenters. The van der Waals surface area contributed by atoms with Crippen molar-refractivity contribution in [2.45, 2.75) is 25.8 Å². The monoisotopic (exact) mass is 377 g/mol. The predicted molar refractivity (Wildman–Crippen MR) is 109 cm³/mol. The van der Waals surface area contributed by atoms with Crippen molar-refractivity contribution in [2.75, 3.05) is 6.61 Å². The van der Waals surface area contributed by atoms with Crippen LogP contribution in [-0.2, 0) is 11.2 Å². The summed E-state index contributed by atoms with van der Waals surface area (Å²) >= 11 is 0. The van der Waals surface area contributed by atoms with E-state index in [0.717, 1.165) is 23.6 Å². The zero-order valence-electron chi connectivity index (χ0n) is 15.7. The van der Waals surface area contributed by atoms with E-state index in [4.69, 9.17) is 9.84 Å². The van der Waals surface area contributed by atoms with Gasteiger partial charge in [-0.05, 0) is 36.8 Å². The predicted octanol–water partition coefficient (Wildman–Crippen LogP) is 4.05. The minimum atomic E-state index is -1.08. The van der Waals surface area contributed by atoms with Crippen LogP contribution in [0.1, 0.15) is 29.3 Å². The van der Waals surface area contributed by atoms with E-state index in [2.05, 4.69) is 17.4 Å². The van der Waals surface area contributed by atoms with Crippen LogP contribution in [0.3, 0.4) is 0 Å². The molecule has 0 bridgehead atoms. The van der Waals surface area contributed by atoms with Gasteiger partial charge in [0.25, 0.3) is 5.91 Å². The summed E-state index contributed by atoms with van der Waals surface area (Å²) in [6.07, 6.45) is 1.68. The van der Waals surface area contributed by atoms with Crippen LogP contribution in [0, 0.1) is 0 Å². The normalized spacial score (nSPS) is 11.8. The van der Waals surface area contributed by atoms with E-state index >= 15 is 0 Å². The maximum atomic E-state index is 12.6. The molecular weight excluding hydrogens is 354 g/mol. The minimum Gasteiger partial charge on any atom is -0.492 e. The first kappa shape index (κ1) is 19.4. The molecule has 0 saturated carbocycles. The van der Waals surface area contributed by atoms with Gasteiger partial charge < -0.3 is 15.2 Å². The number of carbonyl (C=O) groups excluding carboxylic acids is 1. The van der Waals surface area contributed by atoms with Crippen molar-refractivity contribution in [3.05, 3.63) is 77.9 Å². The molecule has 3 aromatic rings. The minimum absolute atomic E-state index is 0.339. The van der Waals surface area contributed by atoms with E-state index in [-0.39, 0.29) is 0 Å². The highest BCUT2D eigenvalue weighted by molar-refractivity contribution is 6.04. The molecule has 0 fully saturated rings. The van der Waals surface area contributed by atoms with Gasteiger partial charge in [-0.3, -0.25) is 9.59 Å². The molecule has 0 saturated heterocycles. The van der Waals surface area contributed by atoms with Gasteiger partial charge in [0.15, 0.2) is 0 Å². The van der Waals surface area contributed by atoms with Gasteiger partial charge in [0, 0.05) is 5.39 Å². The Morgan fingerprint density at radius 2 is 1.71 bits per heavy atom. The standard InChI is InChI=1S/C23H23NO4/c1-16(23(26)27)24-22(25)20-14-13-18-11-5-6-12-19(18)21(20)28-15-7-10-17-8-3-2-4-9-17/h2-6,8-9,11-14,16H,7,10,15H2,1H3,(H,24,25)(H,26,27). The Morgan fingerprint density at radius 3 is 2.46 bits per heavy atom. The molecule has 3 rings (SSSR count). The fourth-order valence-electron chi connectivity index (χ4n) is 3.01. The van der Waals surface area contributed by atoms with E-state index in [1.165, 1.54) is 12.5 Å². The van der Waals surface area contributed by atoms with Crippen LogP contribution in [0.15, 0.2) is 66.7 Å². The summed E-state index contributed by atoms with van der Waals surface area (Å²) in [5.74, 6) is -1.06. The Hall–Kier alpha value is -3.34. The lowest BCUT2D eigenvalue weighted by Gasteiger charge is -2.16. The van der Waals surface area contributed by atoms with Gasteiger partial charge in [-0.25, -0.2) is 0 Å². The molecular formula is C23H23NO4. The van der Waals surface area contributed by atoms with Crippen LogP contribution in [-0.4, -0.2) is 29.6 Å². The number of nitrogens with one attached hydrogen (secondary N) is 1. The number of carbonyl (C=O) groups is 2. The summed E-state index contributed by atoms with van der Waals surface area (Å²) in [5.41, 5.74) is 1.57. The van der Waals surface area contributed by atoms with Crippen molar-refractivity contribution in [1.29, 1.82) is 0 Å². The van der Waals surface area contributed by atoms with Crippen LogP contribution >= 0.6 is 0 Å². The second kappa shape index (κ2) is 9.04. The highest BCUT2D eigenvalue weighted by atomic mass is 16.5. The zero-order chi connectivity index (χ0) is 19.9. The van der Waals surface area contributed by atoms with E-state index < -0.39 is 17.9 Å². The number of aliphatic carboxylic acids is 1. The lowest BCUT2D eigenvalue weighted by Crippen LogP contribution is -2.38. The Bertz CT molecular complexity index is 969. The lowest BCUT2D eigenvalue weighted by atomic mass is 10.0. The fourth-order valence-corrected chi connectivity index (χ4v) is 3.01. The van der Waals surface area contributed by atoms with Gasteiger partial charge in [0.05, 0.1) is 12.2 Å². The molecule has 0 aliphatic rings. The van der Waals surface area contributed by atoms with Crippen LogP contribution in [0.2, 0.25) is 0 Å². The summed E-state index contributed by atoms with van der Waals surface area (Å²) in [6, 6.07) is 20.4. The first-order valence-electron chi connectivity index (χ1n) is 9.28. The zero-order valence-corrected chi connectivity index (χ0v) is 15.7. The number of aryl methyl sites for hydroxylation is 1. The van der Waals surface area contributed by atoms with E-state index in [9.17, 15) is 9.59 Å². The highest BCUT2D eigenvalue weighted by Gasteiger charge is 2.20. The third-order valence-corrected chi connectivity index (χ3v) is 4.54. The molecule has 2 N–H and O–H groups in total. The van der Waals surface area contributed by atoms with Gasteiger partial charge in [-0.1, -0.05) is 60.7 Å². The Labute approximate surface area is 164 Å². The number of amides is 1. The molecule has 1 atom stereocenters. The molecule has 28 heavy (non-hydrogen) atoms. The number of benzene rings is 3. The average molecular weight is 377 g/mol. The molecule has 0 aliphatic carbocycles. The molecule has 0 aromatic heterocycles. The van der Waals surface area contributed by atoms with Crippen LogP contribution in [0.4, 0.5) is 0 Å². The molecule has 1 amide bonds. The average Bonchev–Trinajstić information content (AvgIpc) is 2.71. The fraction of sp³-hybridized carbons (Fsp3) is 0.217.